The fraction of sp³-hybridized carbons (Fsp3) is 0.542. The van der Waals surface area contributed by atoms with Crippen molar-refractivity contribution in [1.82, 2.24) is 0 Å². The second-order valence-electron chi connectivity index (χ2n) is 8.92. The molecular formula is C24H32O3. The molecule has 4 atom stereocenters. The number of ether oxygens (including phenoxy) is 1. The van der Waals surface area contributed by atoms with E-state index in [1.54, 1.807) is 30.3 Å². The third-order valence-electron chi connectivity index (χ3n) is 6.65. The Hall–Kier alpha value is -2.03. The molecule has 0 saturated heterocycles. The van der Waals surface area contributed by atoms with Crippen LogP contribution in [-0.2, 0) is 9.53 Å². The molecule has 2 aliphatic rings. The van der Waals surface area contributed by atoms with Gasteiger partial charge in [-0.2, -0.15) is 0 Å². The summed E-state index contributed by atoms with van der Waals surface area (Å²) in [6.07, 6.45) is 8.88. The van der Waals surface area contributed by atoms with Crippen molar-refractivity contribution in [2.75, 3.05) is 0 Å². The normalized spacial score (nSPS) is 31.1. The van der Waals surface area contributed by atoms with E-state index in [4.69, 9.17) is 4.74 Å². The Kier molecular flexibility index (Phi) is 5.78. The minimum Gasteiger partial charge on any atom is -0.508 e. The lowest BCUT2D eigenvalue weighted by Crippen LogP contribution is -2.50. The van der Waals surface area contributed by atoms with Crippen LogP contribution in [0.1, 0.15) is 58.4 Å². The van der Waals surface area contributed by atoms with Crippen molar-refractivity contribution >= 4 is 12.0 Å². The highest BCUT2D eigenvalue weighted by atomic mass is 16.5. The lowest BCUT2D eigenvalue weighted by molar-refractivity contribution is -0.159. The Morgan fingerprint density at radius 3 is 2.67 bits per heavy atom. The number of fused-ring (bicyclic) bond motifs is 1. The average molecular weight is 369 g/mol. The van der Waals surface area contributed by atoms with Gasteiger partial charge in [0, 0.05) is 12.0 Å². The molecule has 0 amide bonds. The molecule has 0 heterocycles. The van der Waals surface area contributed by atoms with Crippen LogP contribution in [0.3, 0.4) is 0 Å². The van der Waals surface area contributed by atoms with E-state index in [2.05, 4.69) is 27.4 Å². The smallest absolute Gasteiger partial charge is 0.331 e. The number of rotatable bonds is 4. The van der Waals surface area contributed by atoms with Crippen molar-refractivity contribution in [3.8, 4) is 5.75 Å². The van der Waals surface area contributed by atoms with Gasteiger partial charge in [-0.3, -0.25) is 0 Å². The monoisotopic (exact) mass is 368 g/mol. The van der Waals surface area contributed by atoms with Crippen molar-refractivity contribution in [1.29, 1.82) is 0 Å². The first-order chi connectivity index (χ1) is 12.8. The summed E-state index contributed by atoms with van der Waals surface area (Å²) >= 11 is 0. The van der Waals surface area contributed by atoms with Gasteiger partial charge in [-0.15, -0.1) is 0 Å². The lowest BCUT2D eigenvalue weighted by atomic mass is 9.54. The van der Waals surface area contributed by atoms with Crippen LogP contribution in [0.5, 0.6) is 5.75 Å². The highest BCUT2D eigenvalue weighted by Crippen LogP contribution is 2.55. The Morgan fingerprint density at radius 1 is 1.30 bits per heavy atom. The van der Waals surface area contributed by atoms with Gasteiger partial charge in [0.15, 0.2) is 0 Å². The SMILES string of the molecule is C=C1CCCC2(C)CCC(C(C)C)C(OC(=O)C=Cc3ccc(O)cc3)C12. The van der Waals surface area contributed by atoms with Gasteiger partial charge in [-0.05, 0) is 73.1 Å². The minimum absolute atomic E-state index is 0.0893. The molecule has 1 aromatic carbocycles. The van der Waals surface area contributed by atoms with Crippen molar-refractivity contribution < 1.29 is 14.6 Å². The van der Waals surface area contributed by atoms with Gasteiger partial charge >= 0.3 is 5.97 Å². The van der Waals surface area contributed by atoms with Crippen LogP contribution < -0.4 is 0 Å². The molecule has 2 saturated carbocycles. The van der Waals surface area contributed by atoms with Gasteiger partial charge in [0.2, 0.25) is 0 Å². The molecule has 1 N–H and O–H groups in total. The molecule has 0 aliphatic heterocycles. The van der Waals surface area contributed by atoms with Crippen molar-refractivity contribution in [3.05, 3.63) is 48.1 Å². The summed E-state index contributed by atoms with van der Waals surface area (Å²) in [5.74, 6) is 1.04. The third-order valence-corrected chi connectivity index (χ3v) is 6.65. The van der Waals surface area contributed by atoms with Gasteiger partial charge in [0.05, 0.1) is 0 Å². The van der Waals surface area contributed by atoms with E-state index in [1.807, 2.05) is 0 Å². The quantitative estimate of drug-likeness (QED) is 0.418. The Labute approximate surface area is 163 Å². The standard InChI is InChI=1S/C24H32O3/c1-16(2)20-13-15-24(4)14-5-6-17(3)22(24)23(20)27-21(26)12-9-18-7-10-19(25)11-8-18/h7-12,16,20,22-23,25H,3,5-6,13-15H2,1-2,4H3. The largest absolute Gasteiger partial charge is 0.508 e. The maximum atomic E-state index is 12.6. The van der Waals surface area contributed by atoms with Crippen LogP contribution in [0.2, 0.25) is 0 Å². The number of hydrogen-bond donors (Lipinski definition) is 1. The van der Waals surface area contributed by atoms with Crippen molar-refractivity contribution in [3.63, 3.8) is 0 Å². The van der Waals surface area contributed by atoms with E-state index in [0.717, 1.165) is 18.4 Å². The van der Waals surface area contributed by atoms with E-state index in [-0.39, 0.29) is 29.2 Å². The molecule has 2 aliphatic carbocycles. The molecule has 3 nitrogen and oxygen atoms in total. The summed E-state index contributed by atoms with van der Waals surface area (Å²) in [6, 6.07) is 6.77. The van der Waals surface area contributed by atoms with Crippen LogP contribution >= 0.6 is 0 Å². The first-order valence-corrected chi connectivity index (χ1v) is 10.2. The maximum absolute atomic E-state index is 12.6. The molecule has 3 heteroatoms. The van der Waals surface area contributed by atoms with E-state index in [9.17, 15) is 9.90 Å². The summed E-state index contributed by atoms with van der Waals surface area (Å²) < 4.78 is 6.08. The number of carbonyl (C=O) groups excluding carboxylic acids is 1. The molecule has 1 aromatic rings. The van der Waals surface area contributed by atoms with Gasteiger partial charge in [0.25, 0.3) is 0 Å². The number of esters is 1. The first kappa shape index (κ1) is 19.7. The highest BCUT2D eigenvalue weighted by Gasteiger charge is 2.51. The first-order valence-electron chi connectivity index (χ1n) is 10.2. The Bertz CT molecular complexity index is 716. The van der Waals surface area contributed by atoms with E-state index < -0.39 is 0 Å². The molecule has 4 unspecified atom stereocenters. The maximum Gasteiger partial charge on any atom is 0.331 e. The minimum atomic E-state index is -0.290. The number of carbonyl (C=O) groups is 1. The zero-order valence-corrected chi connectivity index (χ0v) is 16.8. The molecular weight excluding hydrogens is 336 g/mol. The zero-order valence-electron chi connectivity index (χ0n) is 16.8. The molecule has 27 heavy (non-hydrogen) atoms. The number of aromatic hydroxyl groups is 1. The summed E-state index contributed by atoms with van der Waals surface area (Å²) in [5.41, 5.74) is 2.32. The van der Waals surface area contributed by atoms with Crippen LogP contribution in [0.15, 0.2) is 42.5 Å². The summed E-state index contributed by atoms with van der Waals surface area (Å²) in [4.78, 5) is 12.6. The fourth-order valence-electron chi connectivity index (χ4n) is 5.13. The van der Waals surface area contributed by atoms with Crippen LogP contribution in [0.25, 0.3) is 6.08 Å². The molecule has 2 fully saturated rings. The summed E-state index contributed by atoms with van der Waals surface area (Å²) in [6.45, 7) is 11.2. The lowest BCUT2D eigenvalue weighted by Gasteiger charge is -2.53. The van der Waals surface area contributed by atoms with Crippen LogP contribution in [-0.4, -0.2) is 17.2 Å². The zero-order chi connectivity index (χ0) is 19.6. The predicted octanol–water partition coefficient (Wildman–Crippen LogP) is 5.75. The Balaban J connectivity index is 1.78. The van der Waals surface area contributed by atoms with E-state index in [1.165, 1.54) is 30.9 Å². The topological polar surface area (TPSA) is 46.5 Å². The fourth-order valence-corrected chi connectivity index (χ4v) is 5.13. The van der Waals surface area contributed by atoms with E-state index >= 15 is 0 Å². The second-order valence-corrected chi connectivity index (χ2v) is 8.92. The number of hydrogen-bond acceptors (Lipinski definition) is 3. The summed E-state index contributed by atoms with van der Waals surface area (Å²) in [7, 11) is 0. The van der Waals surface area contributed by atoms with Gasteiger partial charge in [0.1, 0.15) is 11.9 Å². The highest BCUT2D eigenvalue weighted by molar-refractivity contribution is 5.87. The molecule has 0 bridgehead atoms. The summed E-state index contributed by atoms with van der Waals surface area (Å²) in [5, 5.41) is 9.37. The van der Waals surface area contributed by atoms with Crippen molar-refractivity contribution in [2.45, 2.75) is 59.0 Å². The molecule has 3 rings (SSSR count). The number of phenols is 1. The average Bonchev–Trinajstić information content (AvgIpc) is 2.60. The van der Waals surface area contributed by atoms with Crippen LogP contribution in [0.4, 0.5) is 0 Å². The second kappa shape index (κ2) is 7.92. The van der Waals surface area contributed by atoms with Crippen LogP contribution in [0, 0.1) is 23.2 Å². The molecule has 146 valence electrons. The molecule has 0 radical (unpaired) electrons. The third kappa shape index (κ3) is 4.28. The predicted molar refractivity (Wildman–Crippen MR) is 109 cm³/mol. The van der Waals surface area contributed by atoms with E-state index in [0.29, 0.717) is 11.8 Å². The molecule has 0 spiro atoms. The van der Waals surface area contributed by atoms with Gasteiger partial charge in [-0.1, -0.05) is 45.1 Å². The Morgan fingerprint density at radius 2 is 2.00 bits per heavy atom. The number of benzene rings is 1. The van der Waals surface area contributed by atoms with Gasteiger partial charge < -0.3 is 9.84 Å². The van der Waals surface area contributed by atoms with Gasteiger partial charge in [-0.25, -0.2) is 4.79 Å². The van der Waals surface area contributed by atoms with Crippen molar-refractivity contribution in [2.24, 2.45) is 23.2 Å². The number of phenolic OH excluding ortho intramolecular Hbond substituents is 1. The molecule has 0 aromatic heterocycles.